The van der Waals surface area contributed by atoms with Gasteiger partial charge in [-0.25, -0.2) is 13.1 Å². The second-order valence-electron chi connectivity index (χ2n) is 5.86. The summed E-state index contributed by atoms with van der Waals surface area (Å²) in [4.78, 5) is 0.950. The van der Waals surface area contributed by atoms with Crippen LogP contribution in [0.2, 0.25) is 0 Å². The van der Waals surface area contributed by atoms with E-state index in [1.165, 1.54) is 16.9 Å². The highest BCUT2D eigenvalue weighted by Gasteiger charge is 2.33. The van der Waals surface area contributed by atoms with Crippen LogP contribution in [0.15, 0.2) is 40.6 Å². The molecule has 1 aromatic carbocycles. The SMILES string of the molecule is Cc1ccc(S(=O)(=O)NC[C@@]2(O)CCc3ccccc3C2)s1. The molecule has 0 radical (unpaired) electrons. The summed E-state index contributed by atoms with van der Waals surface area (Å²) in [6.45, 7) is 1.91. The molecule has 2 aromatic rings. The van der Waals surface area contributed by atoms with Gasteiger partial charge < -0.3 is 5.11 Å². The molecule has 0 aliphatic heterocycles. The van der Waals surface area contributed by atoms with Crippen molar-refractivity contribution in [2.45, 2.75) is 36.0 Å². The van der Waals surface area contributed by atoms with Gasteiger partial charge >= 0.3 is 0 Å². The average molecular weight is 337 g/mol. The molecular weight excluding hydrogens is 318 g/mol. The first-order chi connectivity index (χ1) is 10.4. The van der Waals surface area contributed by atoms with Crippen LogP contribution in [0.1, 0.15) is 22.4 Å². The van der Waals surface area contributed by atoms with Crippen LogP contribution < -0.4 is 4.72 Å². The van der Waals surface area contributed by atoms with Gasteiger partial charge in [-0.1, -0.05) is 24.3 Å². The van der Waals surface area contributed by atoms with Crippen LogP contribution in [0.5, 0.6) is 0 Å². The van der Waals surface area contributed by atoms with Gasteiger partial charge in [0.25, 0.3) is 0 Å². The second kappa shape index (κ2) is 5.77. The lowest BCUT2D eigenvalue weighted by atomic mass is 9.80. The summed E-state index contributed by atoms with van der Waals surface area (Å²) >= 11 is 1.24. The zero-order valence-electron chi connectivity index (χ0n) is 12.4. The van der Waals surface area contributed by atoms with E-state index in [0.29, 0.717) is 17.1 Å². The van der Waals surface area contributed by atoms with Crippen LogP contribution in [0.3, 0.4) is 0 Å². The van der Waals surface area contributed by atoms with Crippen molar-refractivity contribution in [1.29, 1.82) is 0 Å². The van der Waals surface area contributed by atoms with Crippen LogP contribution in [-0.4, -0.2) is 25.7 Å². The molecule has 1 heterocycles. The van der Waals surface area contributed by atoms with Crippen molar-refractivity contribution >= 4 is 21.4 Å². The predicted molar refractivity (Wildman–Crippen MR) is 87.7 cm³/mol. The van der Waals surface area contributed by atoms with Crippen LogP contribution in [0, 0.1) is 6.92 Å². The highest BCUT2D eigenvalue weighted by Crippen LogP contribution is 2.29. The van der Waals surface area contributed by atoms with Crippen molar-refractivity contribution in [2.24, 2.45) is 0 Å². The molecule has 0 unspecified atom stereocenters. The Labute approximate surface area is 134 Å². The normalized spacial score (nSPS) is 21.5. The Morgan fingerprint density at radius 3 is 2.64 bits per heavy atom. The zero-order chi connectivity index (χ0) is 15.8. The number of aliphatic hydroxyl groups is 1. The van der Waals surface area contributed by atoms with Gasteiger partial charge in [0.2, 0.25) is 10.0 Å². The standard InChI is InChI=1S/C16H19NO3S2/c1-12-6-7-15(21-12)22(19,20)17-11-16(18)9-8-13-4-2-3-5-14(13)10-16/h2-7,17-18H,8-11H2,1H3/t16-/m1/s1. The summed E-state index contributed by atoms with van der Waals surface area (Å²) < 4.78 is 27.4. The number of hydrogen-bond donors (Lipinski definition) is 2. The summed E-state index contributed by atoms with van der Waals surface area (Å²) in [5, 5.41) is 10.7. The molecule has 0 spiro atoms. The van der Waals surface area contributed by atoms with Gasteiger partial charge in [-0.05, 0) is 43.0 Å². The number of aryl methyl sites for hydroxylation is 2. The predicted octanol–water partition coefficient (Wildman–Crippen LogP) is 2.25. The molecule has 3 rings (SSSR count). The van der Waals surface area contributed by atoms with Crippen LogP contribution in [0.4, 0.5) is 0 Å². The van der Waals surface area contributed by atoms with Crippen molar-refractivity contribution in [3.8, 4) is 0 Å². The fourth-order valence-corrected chi connectivity index (χ4v) is 5.24. The second-order valence-corrected chi connectivity index (χ2v) is 9.14. The van der Waals surface area contributed by atoms with Gasteiger partial charge in [0.15, 0.2) is 0 Å². The highest BCUT2D eigenvalue weighted by atomic mass is 32.2. The van der Waals surface area contributed by atoms with E-state index in [1.807, 2.05) is 25.1 Å². The topological polar surface area (TPSA) is 66.4 Å². The lowest BCUT2D eigenvalue weighted by Gasteiger charge is -2.33. The van der Waals surface area contributed by atoms with Crippen LogP contribution in [-0.2, 0) is 22.9 Å². The van der Waals surface area contributed by atoms with Crippen LogP contribution in [0.25, 0.3) is 0 Å². The third kappa shape index (κ3) is 3.25. The Hall–Kier alpha value is -1.21. The molecule has 1 aliphatic carbocycles. The first kappa shape index (κ1) is 15.7. The minimum atomic E-state index is -3.55. The van der Waals surface area contributed by atoms with Crippen molar-refractivity contribution in [1.82, 2.24) is 4.72 Å². The monoisotopic (exact) mass is 337 g/mol. The maximum atomic E-state index is 12.3. The molecule has 1 aliphatic rings. The number of benzene rings is 1. The van der Waals surface area contributed by atoms with Crippen molar-refractivity contribution < 1.29 is 13.5 Å². The fourth-order valence-electron chi connectivity index (χ4n) is 2.79. The molecular formula is C16H19NO3S2. The molecule has 4 nitrogen and oxygen atoms in total. The third-order valence-corrected chi connectivity index (χ3v) is 6.96. The number of fused-ring (bicyclic) bond motifs is 1. The molecule has 1 atom stereocenters. The molecule has 0 saturated heterocycles. The number of hydrogen-bond acceptors (Lipinski definition) is 4. The molecule has 1 aromatic heterocycles. The van der Waals surface area contributed by atoms with Crippen molar-refractivity contribution in [2.75, 3.05) is 6.54 Å². The van der Waals surface area contributed by atoms with Crippen molar-refractivity contribution in [3.05, 3.63) is 52.4 Å². The maximum Gasteiger partial charge on any atom is 0.250 e. The Kier molecular flexibility index (Phi) is 4.11. The first-order valence-electron chi connectivity index (χ1n) is 7.23. The molecule has 2 N–H and O–H groups in total. The Morgan fingerprint density at radius 2 is 1.95 bits per heavy atom. The molecule has 118 valence electrons. The van der Waals surface area contributed by atoms with E-state index in [0.717, 1.165) is 16.9 Å². The third-order valence-electron chi connectivity index (χ3n) is 4.07. The van der Waals surface area contributed by atoms with E-state index in [9.17, 15) is 13.5 Å². The highest BCUT2D eigenvalue weighted by molar-refractivity contribution is 7.91. The fraction of sp³-hybridized carbons (Fsp3) is 0.375. The van der Waals surface area contributed by atoms with Crippen molar-refractivity contribution in [3.63, 3.8) is 0 Å². The average Bonchev–Trinajstić information content (AvgIpc) is 2.93. The zero-order valence-corrected chi connectivity index (χ0v) is 14.0. The molecule has 6 heteroatoms. The molecule has 0 bridgehead atoms. The molecule has 0 saturated carbocycles. The van der Waals surface area contributed by atoms with Gasteiger partial charge in [0.05, 0.1) is 5.60 Å². The van der Waals surface area contributed by atoms with Gasteiger partial charge in [0, 0.05) is 17.8 Å². The number of rotatable bonds is 4. The number of thiophene rings is 1. The summed E-state index contributed by atoms with van der Waals surface area (Å²) in [5.41, 5.74) is 1.32. The molecule has 22 heavy (non-hydrogen) atoms. The van der Waals surface area contributed by atoms with Gasteiger partial charge in [0.1, 0.15) is 4.21 Å². The van der Waals surface area contributed by atoms with Crippen LogP contribution >= 0.6 is 11.3 Å². The summed E-state index contributed by atoms with van der Waals surface area (Å²) in [5.74, 6) is 0. The summed E-state index contributed by atoms with van der Waals surface area (Å²) in [7, 11) is -3.55. The summed E-state index contributed by atoms with van der Waals surface area (Å²) in [6, 6.07) is 11.4. The van der Waals surface area contributed by atoms with Gasteiger partial charge in [-0.3, -0.25) is 0 Å². The van der Waals surface area contributed by atoms with Gasteiger partial charge in [-0.15, -0.1) is 11.3 Å². The van der Waals surface area contributed by atoms with E-state index >= 15 is 0 Å². The summed E-state index contributed by atoms with van der Waals surface area (Å²) in [6.07, 6.45) is 1.82. The van der Waals surface area contributed by atoms with E-state index in [1.54, 1.807) is 12.1 Å². The van der Waals surface area contributed by atoms with Gasteiger partial charge in [-0.2, -0.15) is 0 Å². The quantitative estimate of drug-likeness (QED) is 0.899. The Balaban J connectivity index is 1.71. The smallest absolute Gasteiger partial charge is 0.250 e. The van der Waals surface area contributed by atoms with E-state index in [4.69, 9.17) is 0 Å². The van der Waals surface area contributed by atoms with E-state index in [2.05, 4.69) is 10.8 Å². The Morgan fingerprint density at radius 1 is 1.23 bits per heavy atom. The molecule has 0 amide bonds. The lowest BCUT2D eigenvalue weighted by molar-refractivity contribution is 0.0317. The Bertz CT molecular complexity index is 782. The van der Waals surface area contributed by atoms with E-state index < -0.39 is 15.6 Å². The number of sulfonamides is 1. The minimum Gasteiger partial charge on any atom is -0.388 e. The van der Waals surface area contributed by atoms with E-state index in [-0.39, 0.29) is 6.54 Å². The largest absolute Gasteiger partial charge is 0.388 e. The maximum absolute atomic E-state index is 12.3. The lowest BCUT2D eigenvalue weighted by Crippen LogP contribution is -2.46. The molecule has 0 fully saturated rings. The first-order valence-corrected chi connectivity index (χ1v) is 9.53. The number of nitrogens with one attached hydrogen (secondary N) is 1. The minimum absolute atomic E-state index is 0.0423.